The molecule has 1 saturated heterocycles. The second-order valence-corrected chi connectivity index (χ2v) is 4.74. The van der Waals surface area contributed by atoms with Gasteiger partial charge in [0.15, 0.2) is 0 Å². The van der Waals surface area contributed by atoms with Gasteiger partial charge >= 0.3 is 0 Å². The van der Waals surface area contributed by atoms with Crippen molar-refractivity contribution in [3.05, 3.63) is 29.3 Å². The summed E-state index contributed by atoms with van der Waals surface area (Å²) >= 11 is 0. The molecule has 5 nitrogen and oxygen atoms in total. The predicted octanol–water partition coefficient (Wildman–Crippen LogP) is 0.878. The van der Waals surface area contributed by atoms with Crippen LogP contribution in [0.4, 0.5) is 5.69 Å². The van der Waals surface area contributed by atoms with Crippen molar-refractivity contribution in [2.75, 3.05) is 18.5 Å². The number of anilines is 1. The van der Waals surface area contributed by atoms with Gasteiger partial charge in [-0.1, -0.05) is 6.07 Å². The molecule has 0 bridgehead atoms. The Kier molecular flexibility index (Phi) is 3.84. The highest BCUT2D eigenvalue weighted by atomic mass is 16.3. The molecule has 1 aliphatic rings. The van der Waals surface area contributed by atoms with E-state index in [2.05, 4.69) is 5.43 Å². The van der Waals surface area contributed by atoms with Crippen LogP contribution < -0.4 is 11.3 Å². The summed E-state index contributed by atoms with van der Waals surface area (Å²) in [5.74, 6) is 5.36. The first-order valence-corrected chi connectivity index (χ1v) is 6.16. The number of benzene rings is 1. The topological polar surface area (TPSA) is 78.6 Å². The Bertz CT molecular complexity index is 448. The Hall–Kier alpha value is -1.59. The molecule has 1 atom stereocenters. The highest BCUT2D eigenvalue weighted by Gasteiger charge is 2.24. The minimum Gasteiger partial charge on any atom is -0.391 e. The number of β-amino-alcohol motifs (C(OH)–C–C–N with tert-alkyl or cyclic N) is 1. The molecular formula is C13H19N3O2. The number of likely N-dealkylation sites (tertiary alicyclic amines) is 1. The molecule has 1 aliphatic heterocycles. The Balaban J connectivity index is 2.22. The van der Waals surface area contributed by atoms with Crippen molar-refractivity contribution < 1.29 is 9.90 Å². The lowest BCUT2D eigenvalue weighted by atomic mass is 10.0. The number of nitrogen functional groups attached to an aromatic ring is 1. The highest BCUT2D eigenvalue weighted by molar-refractivity contribution is 5.99. The molecule has 4 N–H and O–H groups in total. The molecule has 0 radical (unpaired) electrons. The van der Waals surface area contributed by atoms with Gasteiger partial charge < -0.3 is 15.4 Å². The van der Waals surface area contributed by atoms with E-state index in [0.717, 1.165) is 18.4 Å². The lowest BCUT2D eigenvalue weighted by Gasteiger charge is -2.30. The van der Waals surface area contributed by atoms with E-state index in [-0.39, 0.29) is 5.91 Å². The van der Waals surface area contributed by atoms with Crippen LogP contribution >= 0.6 is 0 Å². The second-order valence-electron chi connectivity index (χ2n) is 4.74. The van der Waals surface area contributed by atoms with Crippen LogP contribution in [-0.2, 0) is 0 Å². The molecule has 1 fully saturated rings. The average Bonchev–Trinajstić information content (AvgIpc) is 2.37. The van der Waals surface area contributed by atoms with Crippen molar-refractivity contribution in [3.8, 4) is 0 Å². The van der Waals surface area contributed by atoms with E-state index >= 15 is 0 Å². The fourth-order valence-electron chi connectivity index (χ4n) is 2.27. The van der Waals surface area contributed by atoms with E-state index in [1.54, 1.807) is 11.0 Å². The number of hydrogen-bond acceptors (Lipinski definition) is 4. The SMILES string of the molecule is Cc1ccc(C(=O)N2CCCC(O)C2)c(NN)c1. The minimum atomic E-state index is -0.414. The van der Waals surface area contributed by atoms with E-state index in [1.165, 1.54) is 0 Å². The van der Waals surface area contributed by atoms with Gasteiger partial charge in [0, 0.05) is 13.1 Å². The van der Waals surface area contributed by atoms with E-state index in [0.29, 0.717) is 24.3 Å². The molecule has 18 heavy (non-hydrogen) atoms. The minimum absolute atomic E-state index is 0.0818. The van der Waals surface area contributed by atoms with Crippen molar-refractivity contribution in [2.24, 2.45) is 5.84 Å². The number of rotatable bonds is 2. The highest BCUT2D eigenvalue weighted by Crippen LogP contribution is 2.20. The zero-order chi connectivity index (χ0) is 13.1. The number of hydrazine groups is 1. The summed E-state index contributed by atoms with van der Waals surface area (Å²) in [6.45, 7) is 3.03. The first kappa shape index (κ1) is 12.9. The lowest BCUT2D eigenvalue weighted by Crippen LogP contribution is -2.42. The summed E-state index contributed by atoms with van der Waals surface area (Å²) in [4.78, 5) is 14.0. The molecule has 0 aliphatic carbocycles. The maximum Gasteiger partial charge on any atom is 0.256 e. The molecule has 1 unspecified atom stereocenters. The molecule has 1 aromatic carbocycles. The lowest BCUT2D eigenvalue weighted by molar-refractivity contribution is 0.0474. The van der Waals surface area contributed by atoms with Gasteiger partial charge in [0.1, 0.15) is 0 Å². The average molecular weight is 249 g/mol. The molecule has 1 aromatic rings. The number of nitrogens with one attached hydrogen (secondary N) is 1. The van der Waals surface area contributed by atoms with Crippen LogP contribution in [0, 0.1) is 6.92 Å². The molecule has 98 valence electrons. The molecule has 0 saturated carbocycles. The van der Waals surface area contributed by atoms with Gasteiger partial charge in [-0.3, -0.25) is 10.6 Å². The molecule has 0 aromatic heterocycles. The molecular weight excluding hydrogens is 230 g/mol. The summed E-state index contributed by atoms with van der Waals surface area (Å²) in [7, 11) is 0. The van der Waals surface area contributed by atoms with Crippen molar-refractivity contribution in [1.29, 1.82) is 0 Å². The third kappa shape index (κ3) is 2.63. The van der Waals surface area contributed by atoms with Crippen LogP contribution in [-0.4, -0.2) is 35.1 Å². The standard InChI is InChI=1S/C13H19N3O2/c1-9-4-5-11(12(7-9)15-14)13(18)16-6-2-3-10(17)8-16/h4-5,7,10,15,17H,2-3,6,8,14H2,1H3. The van der Waals surface area contributed by atoms with E-state index < -0.39 is 6.10 Å². The maximum absolute atomic E-state index is 12.4. The van der Waals surface area contributed by atoms with E-state index in [9.17, 15) is 9.90 Å². The van der Waals surface area contributed by atoms with Crippen molar-refractivity contribution >= 4 is 11.6 Å². The van der Waals surface area contributed by atoms with Gasteiger partial charge in [-0.15, -0.1) is 0 Å². The monoisotopic (exact) mass is 249 g/mol. The van der Waals surface area contributed by atoms with Crippen LogP contribution in [0.3, 0.4) is 0 Å². The Morgan fingerprint density at radius 2 is 2.33 bits per heavy atom. The van der Waals surface area contributed by atoms with Crippen LogP contribution in [0.25, 0.3) is 0 Å². The number of nitrogens with two attached hydrogens (primary N) is 1. The summed E-state index contributed by atoms with van der Waals surface area (Å²) < 4.78 is 0. The molecule has 0 spiro atoms. The van der Waals surface area contributed by atoms with Crippen molar-refractivity contribution in [3.63, 3.8) is 0 Å². The van der Waals surface area contributed by atoms with Crippen LogP contribution in [0.15, 0.2) is 18.2 Å². The number of carbonyl (C=O) groups excluding carboxylic acids is 1. The summed E-state index contributed by atoms with van der Waals surface area (Å²) in [6.07, 6.45) is 1.19. The third-order valence-electron chi connectivity index (χ3n) is 3.24. The number of aliphatic hydroxyl groups excluding tert-OH is 1. The maximum atomic E-state index is 12.4. The smallest absolute Gasteiger partial charge is 0.256 e. The molecule has 2 rings (SSSR count). The summed E-state index contributed by atoms with van der Waals surface area (Å²) in [6, 6.07) is 5.50. The largest absolute Gasteiger partial charge is 0.391 e. The van der Waals surface area contributed by atoms with Gasteiger partial charge in [0.25, 0.3) is 5.91 Å². The zero-order valence-corrected chi connectivity index (χ0v) is 10.5. The zero-order valence-electron chi connectivity index (χ0n) is 10.5. The molecule has 5 heteroatoms. The summed E-state index contributed by atoms with van der Waals surface area (Å²) in [5, 5.41) is 9.61. The second kappa shape index (κ2) is 5.37. The number of aryl methyl sites for hydroxylation is 1. The number of hydrogen-bond donors (Lipinski definition) is 3. The number of carbonyl (C=O) groups is 1. The quantitative estimate of drug-likeness (QED) is 0.537. The number of aliphatic hydroxyl groups is 1. The van der Waals surface area contributed by atoms with Crippen LogP contribution in [0.2, 0.25) is 0 Å². The van der Waals surface area contributed by atoms with Gasteiger partial charge in [-0.2, -0.15) is 0 Å². The number of nitrogens with zero attached hydrogens (tertiary/aromatic N) is 1. The first-order valence-electron chi connectivity index (χ1n) is 6.16. The Labute approximate surface area is 107 Å². The first-order chi connectivity index (χ1) is 8.61. The molecule has 1 heterocycles. The van der Waals surface area contributed by atoms with Crippen LogP contribution in [0.5, 0.6) is 0 Å². The van der Waals surface area contributed by atoms with Crippen LogP contribution in [0.1, 0.15) is 28.8 Å². The van der Waals surface area contributed by atoms with Gasteiger partial charge in [0.2, 0.25) is 0 Å². The van der Waals surface area contributed by atoms with E-state index in [1.807, 2.05) is 19.1 Å². The predicted molar refractivity (Wildman–Crippen MR) is 70.1 cm³/mol. The van der Waals surface area contributed by atoms with Gasteiger partial charge in [-0.25, -0.2) is 0 Å². The summed E-state index contributed by atoms with van der Waals surface area (Å²) in [5.41, 5.74) is 4.78. The van der Waals surface area contributed by atoms with Gasteiger partial charge in [0.05, 0.1) is 17.4 Å². The van der Waals surface area contributed by atoms with Crippen molar-refractivity contribution in [1.82, 2.24) is 4.90 Å². The Morgan fingerprint density at radius 1 is 1.56 bits per heavy atom. The fourth-order valence-corrected chi connectivity index (χ4v) is 2.27. The fraction of sp³-hybridized carbons (Fsp3) is 0.462. The van der Waals surface area contributed by atoms with E-state index in [4.69, 9.17) is 5.84 Å². The van der Waals surface area contributed by atoms with Crippen molar-refractivity contribution in [2.45, 2.75) is 25.9 Å². The number of piperidine rings is 1. The normalized spacial score (nSPS) is 19.7. The van der Waals surface area contributed by atoms with Gasteiger partial charge in [-0.05, 0) is 37.5 Å². The third-order valence-corrected chi connectivity index (χ3v) is 3.24. The number of amides is 1. The molecule has 1 amide bonds. The Morgan fingerprint density at radius 3 is 3.00 bits per heavy atom.